The van der Waals surface area contributed by atoms with E-state index in [9.17, 15) is 4.79 Å². The van der Waals surface area contributed by atoms with Crippen LogP contribution in [0.4, 0.5) is 10.6 Å². The second kappa shape index (κ2) is 4.98. The first-order chi connectivity index (χ1) is 7.81. The molecule has 3 N–H and O–H groups in total. The van der Waals surface area contributed by atoms with E-state index < -0.39 is 0 Å². The lowest BCUT2D eigenvalue weighted by molar-refractivity contribution is 0.251. The van der Waals surface area contributed by atoms with Gasteiger partial charge in [-0.05, 0) is 6.42 Å². The van der Waals surface area contributed by atoms with Crippen LogP contribution in [0.5, 0.6) is 0 Å². The minimum Gasteiger partial charge on any atom is -0.338 e. The number of rotatable bonds is 4. The van der Waals surface area contributed by atoms with Crippen LogP contribution in [0.2, 0.25) is 0 Å². The van der Waals surface area contributed by atoms with Crippen molar-refractivity contribution < 1.29 is 4.79 Å². The van der Waals surface area contributed by atoms with E-state index in [1.807, 2.05) is 17.7 Å². The summed E-state index contributed by atoms with van der Waals surface area (Å²) in [7, 11) is 0. The molecule has 0 atom stereocenters. The molecule has 1 aromatic rings. The largest absolute Gasteiger partial charge is 0.338 e. The molecule has 2 rings (SSSR count). The van der Waals surface area contributed by atoms with Gasteiger partial charge in [-0.2, -0.15) is 5.10 Å². The minimum absolute atomic E-state index is 0.170. The van der Waals surface area contributed by atoms with Gasteiger partial charge >= 0.3 is 6.03 Å². The van der Waals surface area contributed by atoms with Crippen LogP contribution >= 0.6 is 0 Å². The number of nitrogens with zero attached hydrogens (tertiary/aromatic N) is 2. The molecule has 0 spiro atoms. The average molecular weight is 223 g/mol. The first-order valence-corrected chi connectivity index (χ1v) is 5.60. The van der Waals surface area contributed by atoms with Crippen LogP contribution in [0.3, 0.4) is 0 Å². The maximum absolute atomic E-state index is 11.5. The van der Waals surface area contributed by atoms with Crippen molar-refractivity contribution in [1.29, 1.82) is 0 Å². The van der Waals surface area contributed by atoms with Crippen molar-refractivity contribution in [2.24, 2.45) is 0 Å². The Labute approximate surface area is 94.4 Å². The Kier molecular flexibility index (Phi) is 3.40. The Hall–Kier alpha value is -1.56. The predicted octanol–water partition coefficient (Wildman–Crippen LogP) is 0.559. The third kappa shape index (κ3) is 2.33. The second-order valence-corrected chi connectivity index (χ2v) is 3.85. The van der Waals surface area contributed by atoms with Gasteiger partial charge in [0.15, 0.2) is 0 Å². The van der Waals surface area contributed by atoms with E-state index in [-0.39, 0.29) is 6.03 Å². The Balaban J connectivity index is 1.93. The molecule has 0 saturated carbocycles. The molecule has 1 aliphatic rings. The van der Waals surface area contributed by atoms with Gasteiger partial charge in [-0.3, -0.25) is 5.32 Å². The molecular weight excluding hydrogens is 206 g/mol. The number of carbonyl (C=O) groups is 1. The van der Waals surface area contributed by atoms with Crippen molar-refractivity contribution in [2.75, 3.05) is 25.0 Å². The Morgan fingerprint density at radius 3 is 3.12 bits per heavy atom. The lowest BCUT2D eigenvalue weighted by Crippen LogP contribution is -2.44. The van der Waals surface area contributed by atoms with Crippen LogP contribution in [-0.4, -0.2) is 35.4 Å². The van der Waals surface area contributed by atoms with Crippen molar-refractivity contribution in [1.82, 2.24) is 20.4 Å². The molecule has 88 valence electrons. The number of aromatic nitrogens is 2. The van der Waals surface area contributed by atoms with Crippen molar-refractivity contribution in [3.05, 3.63) is 12.3 Å². The van der Waals surface area contributed by atoms with Crippen LogP contribution in [-0.2, 0) is 0 Å². The van der Waals surface area contributed by atoms with Gasteiger partial charge in [-0.25, -0.2) is 9.48 Å². The summed E-state index contributed by atoms with van der Waals surface area (Å²) in [5.41, 5.74) is 0. The molecule has 16 heavy (non-hydrogen) atoms. The Morgan fingerprint density at radius 1 is 1.69 bits per heavy atom. The van der Waals surface area contributed by atoms with Crippen molar-refractivity contribution in [2.45, 2.75) is 19.4 Å². The van der Waals surface area contributed by atoms with Gasteiger partial charge in [-0.15, -0.1) is 0 Å². The fourth-order valence-electron chi connectivity index (χ4n) is 1.55. The summed E-state index contributed by atoms with van der Waals surface area (Å²) >= 11 is 0. The summed E-state index contributed by atoms with van der Waals surface area (Å²) in [4.78, 5) is 11.5. The Morgan fingerprint density at radius 2 is 2.50 bits per heavy atom. The van der Waals surface area contributed by atoms with E-state index in [4.69, 9.17) is 0 Å². The van der Waals surface area contributed by atoms with E-state index in [0.29, 0.717) is 12.6 Å². The summed E-state index contributed by atoms with van der Waals surface area (Å²) in [6.07, 6.45) is 2.63. The molecule has 1 fully saturated rings. The highest BCUT2D eigenvalue weighted by atomic mass is 16.2. The van der Waals surface area contributed by atoms with Crippen LogP contribution in [0.25, 0.3) is 0 Å². The second-order valence-electron chi connectivity index (χ2n) is 3.85. The fraction of sp³-hybridized carbons (Fsp3) is 0.600. The van der Waals surface area contributed by atoms with Crippen LogP contribution < -0.4 is 16.0 Å². The summed E-state index contributed by atoms with van der Waals surface area (Å²) < 4.78 is 1.85. The minimum atomic E-state index is -0.170. The molecule has 6 nitrogen and oxygen atoms in total. The number of urea groups is 1. The summed E-state index contributed by atoms with van der Waals surface area (Å²) in [6, 6.07) is 2.00. The molecule has 1 aromatic heterocycles. The third-order valence-corrected chi connectivity index (χ3v) is 2.55. The zero-order chi connectivity index (χ0) is 11.4. The molecule has 0 aliphatic carbocycles. The molecule has 0 bridgehead atoms. The summed E-state index contributed by atoms with van der Waals surface area (Å²) in [5, 5.41) is 12.9. The number of nitrogens with one attached hydrogen (secondary N) is 3. The summed E-state index contributed by atoms with van der Waals surface area (Å²) in [5.74, 6) is 0.750. The van der Waals surface area contributed by atoms with Gasteiger partial charge in [0.05, 0.1) is 12.2 Å². The third-order valence-electron chi connectivity index (χ3n) is 2.55. The first-order valence-electron chi connectivity index (χ1n) is 5.60. The molecule has 2 amide bonds. The van der Waals surface area contributed by atoms with Gasteiger partial charge in [0.1, 0.15) is 5.82 Å². The lowest BCUT2D eigenvalue weighted by Gasteiger charge is -2.28. The van der Waals surface area contributed by atoms with E-state index in [1.54, 1.807) is 6.20 Å². The zero-order valence-corrected chi connectivity index (χ0v) is 9.36. The molecule has 0 aromatic carbocycles. The molecular formula is C10H17N5O. The average Bonchev–Trinajstić information content (AvgIpc) is 2.61. The molecule has 2 heterocycles. The van der Waals surface area contributed by atoms with Gasteiger partial charge in [0.2, 0.25) is 0 Å². The standard InChI is InChI=1S/C10H17N5O/c1-2-4-12-10(16)14-9-3-5-13-15(9)8-6-11-7-8/h3,5,8,11H,2,4,6-7H2,1H3,(H2,12,14,16). The van der Waals surface area contributed by atoms with E-state index in [1.165, 1.54) is 0 Å². The monoisotopic (exact) mass is 223 g/mol. The van der Waals surface area contributed by atoms with Crippen molar-refractivity contribution in [3.8, 4) is 0 Å². The normalized spacial score (nSPS) is 15.6. The van der Waals surface area contributed by atoms with E-state index >= 15 is 0 Å². The predicted molar refractivity (Wildman–Crippen MR) is 61.4 cm³/mol. The fourth-order valence-corrected chi connectivity index (χ4v) is 1.55. The first kappa shape index (κ1) is 10.9. The van der Waals surface area contributed by atoms with E-state index in [2.05, 4.69) is 21.0 Å². The Bertz CT molecular complexity index is 358. The molecule has 0 unspecified atom stereocenters. The number of carbonyl (C=O) groups excluding carboxylic acids is 1. The molecule has 0 radical (unpaired) electrons. The topological polar surface area (TPSA) is 71.0 Å². The van der Waals surface area contributed by atoms with Gasteiger partial charge in [-0.1, -0.05) is 6.92 Å². The number of anilines is 1. The number of hydrogen-bond acceptors (Lipinski definition) is 3. The maximum Gasteiger partial charge on any atom is 0.320 e. The molecule has 1 aliphatic heterocycles. The molecule has 1 saturated heterocycles. The van der Waals surface area contributed by atoms with Gasteiger partial charge < -0.3 is 10.6 Å². The highest BCUT2D eigenvalue weighted by molar-refractivity contribution is 5.88. The van der Waals surface area contributed by atoms with Crippen LogP contribution in [0.1, 0.15) is 19.4 Å². The van der Waals surface area contributed by atoms with E-state index in [0.717, 1.165) is 25.3 Å². The van der Waals surface area contributed by atoms with Crippen molar-refractivity contribution in [3.63, 3.8) is 0 Å². The molecule has 6 heteroatoms. The number of hydrogen-bond donors (Lipinski definition) is 3. The van der Waals surface area contributed by atoms with Gasteiger partial charge in [0.25, 0.3) is 0 Å². The van der Waals surface area contributed by atoms with Crippen LogP contribution in [0.15, 0.2) is 12.3 Å². The van der Waals surface area contributed by atoms with Crippen LogP contribution in [0, 0.1) is 0 Å². The SMILES string of the molecule is CCCNC(=O)Nc1ccnn1C1CNC1. The lowest BCUT2D eigenvalue weighted by atomic mass is 10.2. The van der Waals surface area contributed by atoms with Crippen molar-refractivity contribution >= 4 is 11.8 Å². The number of amides is 2. The maximum atomic E-state index is 11.5. The highest BCUT2D eigenvalue weighted by Gasteiger charge is 2.21. The van der Waals surface area contributed by atoms with Gasteiger partial charge in [0, 0.05) is 25.7 Å². The summed E-state index contributed by atoms with van der Waals surface area (Å²) in [6.45, 7) is 4.52. The zero-order valence-electron chi connectivity index (χ0n) is 9.36. The highest BCUT2D eigenvalue weighted by Crippen LogP contribution is 2.16. The smallest absolute Gasteiger partial charge is 0.320 e. The quantitative estimate of drug-likeness (QED) is 0.698.